The predicted molar refractivity (Wildman–Crippen MR) is 44.0 cm³/mol. The molecular formula is C8H12N2O2. The number of nitrogens with zero attached hydrogens (tertiary/aromatic N) is 1. The van der Waals surface area contributed by atoms with Crippen LogP contribution in [0.4, 0.5) is 0 Å². The molecule has 1 heterocycles. The molecule has 0 fully saturated rings. The van der Waals surface area contributed by atoms with Crippen molar-refractivity contribution in [3.8, 4) is 0 Å². The topological polar surface area (TPSA) is 66.0 Å². The summed E-state index contributed by atoms with van der Waals surface area (Å²) in [6.45, 7) is 3.60. The van der Waals surface area contributed by atoms with E-state index in [-0.39, 0.29) is 0 Å². The van der Waals surface area contributed by atoms with Crippen molar-refractivity contribution in [2.24, 2.45) is 0 Å². The molecule has 0 aliphatic rings. The van der Waals surface area contributed by atoms with Gasteiger partial charge < -0.3 is 10.1 Å². The van der Waals surface area contributed by atoms with E-state index >= 15 is 0 Å². The van der Waals surface area contributed by atoms with Gasteiger partial charge >= 0.3 is 5.97 Å². The van der Waals surface area contributed by atoms with E-state index in [0.29, 0.717) is 5.69 Å². The monoisotopic (exact) mass is 168 g/mol. The number of rotatable bonds is 3. The molecule has 4 heteroatoms. The zero-order valence-electron chi connectivity index (χ0n) is 7.16. The van der Waals surface area contributed by atoms with Crippen LogP contribution >= 0.6 is 0 Å². The maximum absolute atomic E-state index is 10.5. The number of aromatic amines is 1. The van der Waals surface area contributed by atoms with Crippen molar-refractivity contribution in [2.45, 2.75) is 26.2 Å². The molecular weight excluding hydrogens is 156 g/mol. The second kappa shape index (κ2) is 3.38. The second-order valence-electron chi connectivity index (χ2n) is 2.70. The molecule has 4 nitrogen and oxygen atoms in total. The van der Waals surface area contributed by atoms with E-state index in [0.717, 1.165) is 12.2 Å². The Labute approximate surface area is 70.6 Å². The summed E-state index contributed by atoms with van der Waals surface area (Å²) in [5.74, 6) is -0.503. The first-order valence-electron chi connectivity index (χ1n) is 3.91. The lowest BCUT2D eigenvalue weighted by Gasteiger charge is -2.00. The molecule has 66 valence electrons. The summed E-state index contributed by atoms with van der Waals surface area (Å²) < 4.78 is 0. The summed E-state index contributed by atoms with van der Waals surface area (Å²) in [6.07, 6.45) is 2.38. The van der Waals surface area contributed by atoms with Crippen LogP contribution in [0.25, 0.3) is 0 Å². The van der Waals surface area contributed by atoms with Gasteiger partial charge in [-0.1, -0.05) is 6.92 Å². The lowest BCUT2D eigenvalue weighted by atomic mass is 10.1. The van der Waals surface area contributed by atoms with Gasteiger partial charge in [0.2, 0.25) is 0 Å². The highest BCUT2D eigenvalue weighted by atomic mass is 16.4. The second-order valence-corrected chi connectivity index (χ2v) is 2.70. The molecule has 1 aromatic heterocycles. The van der Waals surface area contributed by atoms with Gasteiger partial charge in [0.15, 0.2) is 0 Å². The van der Waals surface area contributed by atoms with Gasteiger partial charge in [0.25, 0.3) is 0 Å². The zero-order valence-corrected chi connectivity index (χ0v) is 7.16. The van der Waals surface area contributed by atoms with Gasteiger partial charge in [-0.2, -0.15) is 0 Å². The van der Waals surface area contributed by atoms with Crippen LogP contribution in [0.3, 0.4) is 0 Å². The molecule has 0 amide bonds. The minimum absolute atomic E-state index is 0.502. The Morgan fingerprint density at radius 3 is 2.92 bits per heavy atom. The van der Waals surface area contributed by atoms with Crippen molar-refractivity contribution >= 4 is 5.97 Å². The molecule has 0 saturated heterocycles. The summed E-state index contributed by atoms with van der Waals surface area (Å²) >= 11 is 0. The first-order chi connectivity index (χ1) is 5.65. The van der Waals surface area contributed by atoms with Crippen molar-refractivity contribution in [1.29, 1.82) is 0 Å². The third kappa shape index (κ3) is 1.64. The highest BCUT2D eigenvalue weighted by molar-refractivity contribution is 5.74. The number of aryl methyl sites for hydroxylation is 1. The minimum Gasteiger partial charge on any atom is -0.481 e. The Morgan fingerprint density at radius 2 is 2.50 bits per heavy atom. The van der Waals surface area contributed by atoms with Gasteiger partial charge in [-0.25, -0.2) is 4.98 Å². The maximum atomic E-state index is 10.5. The van der Waals surface area contributed by atoms with Crippen molar-refractivity contribution in [3.05, 3.63) is 17.7 Å². The van der Waals surface area contributed by atoms with Crippen LogP contribution < -0.4 is 0 Å². The van der Waals surface area contributed by atoms with Crippen molar-refractivity contribution in [3.63, 3.8) is 0 Å². The number of hydrogen-bond acceptors (Lipinski definition) is 2. The third-order valence-electron chi connectivity index (χ3n) is 1.82. The Balaban J connectivity index is 2.81. The molecule has 0 radical (unpaired) electrons. The molecule has 0 saturated carbocycles. The molecule has 0 aromatic carbocycles. The van der Waals surface area contributed by atoms with E-state index < -0.39 is 11.9 Å². The van der Waals surface area contributed by atoms with Gasteiger partial charge in [0.05, 0.1) is 5.92 Å². The largest absolute Gasteiger partial charge is 0.481 e. The average molecular weight is 168 g/mol. The van der Waals surface area contributed by atoms with E-state index in [9.17, 15) is 4.79 Å². The van der Waals surface area contributed by atoms with E-state index in [2.05, 4.69) is 9.97 Å². The average Bonchev–Trinajstić information content (AvgIpc) is 2.50. The van der Waals surface area contributed by atoms with Crippen LogP contribution in [0.15, 0.2) is 6.20 Å². The number of carboxylic acids is 1. The molecule has 1 atom stereocenters. The van der Waals surface area contributed by atoms with E-state index in [4.69, 9.17) is 5.11 Å². The number of hydrogen-bond donors (Lipinski definition) is 2. The standard InChI is InChI=1S/C8H12N2O2/c1-3-7-9-4-6(10-7)5(2)8(11)12/h4-5H,3H2,1-2H3,(H,9,10)(H,11,12). The highest BCUT2D eigenvalue weighted by Gasteiger charge is 2.15. The molecule has 0 bridgehead atoms. The van der Waals surface area contributed by atoms with Crippen LogP contribution in [0.5, 0.6) is 0 Å². The van der Waals surface area contributed by atoms with E-state index in [1.165, 1.54) is 0 Å². The van der Waals surface area contributed by atoms with Crippen LogP contribution in [-0.2, 0) is 11.2 Å². The first-order valence-corrected chi connectivity index (χ1v) is 3.91. The van der Waals surface area contributed by atoms with Crippen LogP contribution in [-0.4, -0.2) is 21.0 Å². The van der Waals surface area contributed by atoms with Gasteiger partial charge in [-0.15, -0.1) is 0 Å². The quantitative estimate of drug-likeness (QED) is 0.711. The van der Waals surface area contributed by atoms with E-state index in [1.807, 2.05) is 6.92 Å². The Bertz CT molecular complexity index is 280. The maximum Gasteiger partial charge on any atom is 0.312 e. The molecule has 1 unspecified atom stereocenters. The molecule has 0 aliphatic heterocycles. The minimum atomic E-state index is -0.832. The molecule has 1 aromatic rings. The fraction of sp³-hybridized carbons (Fsp3) is 0.500. The first kappa shape index (κ1) is 8.77. The normalized spacial score (nSPS) is 12.8. The zero-order chi connectivity index (χ0) is 9.14. The summed E-state index contributed by atoms with van der Waals surface area (Å²) in [4.78, 5) is 17.5. The van der Waals surface area contributed by atoms with Gasteiger partial charge in [0.1, 0.15) is 5.82 Å². The van der Waals surface area contributed by atoms with E-state index in [1.54, 1.807) is 13.1 Å². The van der Waals surface area contributed by atoms with Crippen LogP contribution in [0, 0.1) is 0 Å². The number of aromatic nitrogens is 2. The number of H-pyrrole nitrogens is 1. The van der Waals surface area contributed by atoms with Gasteiger partial charge in [0, 0.05) is 18.3 Å². The number of carboxylic acid groups (broad SMARTS) is 1. The number of imidazole rings is 1. The fourth-order valence-corrected chi connectivity index (χ4v) is 0.911. The molecule has 12 heavy (non-hydrogen) atoms. The summed E-state index contributed by atoms with van der Waals surface area (Å²) in [6, 6.07) is 0. The molecule has 0 spiro atoms. The van der Waals surface area contributed by atoms with Crippen molar-refractivity contribution in [2.75, 3.05) is 0 Å². The Morgan fingerprint density at radius 1 is 1.83 bits per heavy atom. The predicted octanol–water partition coefficient (Wildman–Crippen LogP) is 1.16. The van der Waals surface area contributed by atoms with Crippen LogP contribution in [0.2, 0.25) is 0 Å². The summed E-state index contributed by atoms with van der Waals surface area (Å²) in [7, 11) is 0. The molecule has 1 rings (SSSR count). The highest BCUT2D eigenvalue weighted by Crippen LogP contribution is 2.12. The number of aliphatic carboxylic acids is 1. The Kier molecular flexibility index (Phi) is 2.47. The van der Waals surface area contributed by atoms with Gasteiger partial charge in [-0.05, 0) is 6.92 Å². The molecule has 0 aliphatic carbocycles. The summed E-state index contributed by atoms with van der Waals surface area (Å²) in [5, 5.41) is 8.67. The van der Waals surface area contributed by atoms with Crippen molar-refractivity contribution < 1.29 is 9.90 Å². The number of nitrogens with one attached hydrogen (secondary N) is 1. The third-order valence-corrected chi connectivity index (χ3v) is 1.82. The lowest BCUT2D eigenvalue weighted by Crippen LogP contribution is -2.07. The Hall–Kier alpha value is -1.32. The fourth-order valence-electron chi connectivity index (χ4n) is 0.911. The smallest absolute Gasteiger partial charge is 0.312 e. The van der Waals surface area contributed by atoms with Crippen molar-refractivity contribution in [1.82, 2.24) is 9.97 Å². The summed E-state index contributed by atoms with van der Waals surface area (Å²) in [5.41, 5.74) is 0.666. The van der Waals surface area contributed by atoms with Gasteiger partial charge in [-0.3, -0.25) is 4.79 Å². The lowest BCUT2D eigenvalue weighted by molar-refractivity contribution is -0.138. The van der Waals surface area contributed by atoms with Crippen LogP contribution in [0.1, 0.15) is 31.3 Å². The number of carbonyl (C=O) groups is 1. The molecule has 2 N–H and O–H groups in total. The SMILES string of the molecule is CCc1ncc(C(C)C(=O)O)[nH]1.